The number of hydrogen-bond donors (Lipinski definition) is 0. The molecule has 2 heterocycles. The number of carbonyl (C=O) groups excluding carboxylic acids is 2. The van der Waals surface area contributed by atoms with Crippen LogP contribution in [-0.4, -0.2) is 41.6 Å². The Kier molecular flexibility index (Phi) is 7.40. The fourth-order valence-corrected chi connectivity index (χ4v) is 3.76. The summed E-state index contributed by atoms with van der Waals surface area (Å²) in [5.41, 5.74) is 3.11. The SMILES string of the molecule is Cc1oc(-c2ccccc2)nc1CCOc1ccc(CCCCCN2C(=O)COC2=O)cc1. The van der Waals surface area contributed by atoms with Crippen molar-refractivity contribution in [2.75, 3.05) is 19.8 Å². The molecule has 1 saturated heterocycles. The van der Waals surface area contributed by atoms with Crippen molar-refractivity contribution < 1.29 is 23.5 Å². The predicted octanol–water partition coefficient (Wildman–Crippen LogP) is 4.96. The summed E-state index contributed by atoms with van der Waals surface area (Å²) in [6.45, 7) is 2.76. The van der Waals surface area contributed by atoms with Crippen LogP contribution < -0.4 is 4.74 Å². The van der Waals surface area contributed by atoms with Gasteiger partial charge >= 0.3 is 6.09 Å². The van der Waals surface area contributed by atoms with Gasteiger partial charge in [0.05, 0.1) is 12.3 Å². The van der Waals surface area contributed by atoms with E-state index in [-0.39, 0.29) is 12.5 Å². The molecule has 0 spiro atoms. The number of rotatable bonds is 11. The van der Waals surface area contributed by atoms with Gasteiger partial charge in [0.1, 0.15) is 11.5 Å². The molecule has 0 N–H and O–H groups in total. The Hall–Kier alpha value is -3.61. The number of cyclic esters (lactones) is 1. The third-order valence-electron chi connectivity index (χ3n) is 5.63. The third-order valence-corrected chi connectivity index (χ3v) is 5.63. The molecule has 1 aromatic heterocycles. The van der Waals surface area contributed by atoms with Gasteiger partial charge in [-0.15, -0.1) is 0 Å². The summed E-state index contributed by atoms with van der Waals surface area (Å²) in [6.07, 6.45) is 3.82. The van der Waals surface area contributed by atoms with Crippen LogP contribution in [0.3, 0.4) is 0 Å². The lowest BCUT2D eigenvalue weighted by atomic mass is 10.1. The van der Waals surface area contributed by atoms with E-state index in [1.54, 1.807) is 0 Å². The van der Waals surface area contributed by atoms with E-state index in [2.05, 4.69) is 17.1 Å². The van der Waals surface area contributed by atoms with Crippen molar-refractivity contribution in [3.8, 4) is 17.2 Å². The zero-order valence-corrected chi connectivity index (χ0v) is 18.8. The number of amides is 2. The highest BCUT2D eigenvalue weighted by atomic mass is 16.6. The maximum atomic E-state index is 11.5. The maximum absolute atomic E-state index is 11.5. The smallest absolute Gasteiger partial charge is 0.417 e. The van der Waals surface area contributed by atoms with Gasteiger partial charge in [0.2, 0.25) is 5.89 Å². The van der Waals surface area contributed by atoms with Crippen molar-refractivity contribution >= 4 is 12.0 Å². The minimum atomic E-state index is -0.522. The highest BCUT2D eigenvalue weighted by Crippen LogP contribution is 2.22. The molecule has 0 radical (unpaired) electrons. The average Bonchev–Trinajstić information content (AvgIpc) is 3.36. The van der Waals surface area contributed by atoms with Crippen LogP contribution in [0.1, 0.15) is 36.3 Å². The van der Waals surface area contributed by atoms with E-state index in [1.807, 2.05) is 49.4 Å². The Morgan fingerprint density at radius 2 is 1.76 bits per heavy atom. The molecular formula is C26H28N2O5. The van der Waals surface area contributed by atoms with Gasteiger partial charge in [0.25, 0.3) is 5.91 Å². The molecular weight excluding hydrogens is 420 g/mol. The van der Waals surface area contributed by atoms with E-state index in [0.717, 1.165) is 48.5 Å². The Labute approximate surface area is 193 Å². The lowest BCUT2D eigenvalue weighted by Gasteiger charge is -2.10. The van der Waals surface area contributed by atoms with Crippen molar-refractivity contribution in [2.24, 2.45) is 0 Å². The van der Waals surface area contributed by atoms with E-state index in [0.29, 0.717) is 25.5 Å². The number of aryl methyl sites for hydroxylation is 2. The highest BCUT2D eigenvalue weighted by molar-refractivity contribution is 5.97. The lowest BCUT2D eigenvalue weighted by Crippen LogP contribution is -2.29. The molecule has 1 fully saturated rings. The molecule has 3 aromatic rings. The second-order valence-corrected chi connectivity index (χ2v) is 8.04. The fraction of sp³-hybridized carbons (Fsp3) is 0.346. The third kappa shape index (κ3) is 6.00. The number of ether oxygens (including phenoxy) is 2. The molecule has 2 amide bonds. The van der Waals surface area contributed by atoms with Crippen LogP contribution in [0.15, 0.2) is 59.0 Å². The van der Waals surface area contributed by atoms with Gasteiger partial charge in [-0.2, -0.15) is 0 Å². The van der Waals surface area contributed by atoms with E-state index >= 15 is 0 Å². The van der Waals surface area contributed by atoms with E-state index in [1.165, 1.54) is 10.5 Å². The molecule has 0 aliphatic carbocycles. The molecule has 0 saturated carbocycles. The van der Waals surface area contributed by atoms with Gasteiger partial charge in [0.15, 0.2) is 6.61 Å². The summed E-state index contributed by atoms with van der Waals surface area (Å²) in [5, 5.41) is 0. The largest absolute Gasteiger partial charge is 0.493 e. The van der Waals surface area contributed by atoms with Crippen molar-refractivity contribution in [1.29, 1.82) is 0 Å². The van der Waals surface area contributed by atoms with Gasteiger partial charge in [0, 0.05) is 18.5 Å². The number of imide groups is 1. The van der Waals surface area contributed by atoms with Crippen LogP contribution >= 0.6 is 0 Å². The summed E-state index contributed by atoms with van der Waals surface area (Å²) in [4.78, 5) is 28.7. The number of aromatic nitrogens is 1. The molecule has 33 heavy (non-hydrogen) atoms. The number of benzene rings is 2. The predicted molar refractivity (Wildman–Crippen MR) is 123 cm³/mol. The molecule has 7 heteroatoms. The zero-order valence-electron chi connectivity index (χ0n) is 18.8. The highest BCUT2D eigenvalue weighted by Gasteiger charge is 2.29. The minimum absolute atomic E-state index is 0.125. The van der Waals surface area contributed by atoms with Crippen molar-refractivity contribution in [2.45, 2.75) is 39.0 Å². The van der Waals surface area contributed by atoms with Crippen LogP contribution in [0.2, 0.25) is 0 Å². The molecule has 0 unspecified atom stereocenters. The van der Waals surface area contributed by atoms with Crippen LogP contribution in [0, 0.1) is 6.92 Å². The van der Waals surface area contributed by atoms with Gasteiger partial charge in [-0.1, -0.05) is 36.8 Å². The van der Waals surface area contributed by atoms with Gasteiger partial charge in [-0.25, -0.2) is 14.7 Å². The van der Waals surface area contributed by atoms with Gasteiger partial charge < -0.3 is 13.9 Å². The summed E-state index contributed by atoms with van der Waals surface area (Å²) in [6, 6.07) is 18.0. The molecule has 1 aliphatic rings. The first-order valence-corrected chi connectivity index (χ1v) is 11.3. The molecule has 4 rings (SSSR count). The first kappa shape index (κ1) is 22.6. The van der Waals surface area contributed by atoms with Crippen molar-refractivity contribution in [3.63, 3.8) is 0 Å². The number of carbonyl (C=O) groups is 2. The summed E-state index contributed by atoms with van der Waals surface area (Å²) in [5.74, 6) is 2.04. The van der Waals surface area contributed by atoms with E-state index in [4.69, 9.17) is 13.9 Å². The van der Waals surface area contributed by atoms with Crippen LogP contribution in [0.5, 0.6) is 5.75 Å². The Morgan fingerprint density at radius 3 is 2.48 bits per heavy atom. The first-order chi connectivity index (χ1) is 16.1. The molecule has 0 atom stereocenters. The summed E-state index contributed by atoms with van der Waals surface area (Å²) in [7, 11) is 0. The monoisotopic (exact) mass is 448 g/mol. The number of unbranched alkanes of at least 4 members (excludes halogenated alkanes) is 2. The van der Waals surface area contributed by atoms with E-state index < -0.39 is 6.09 Å². The second kappa shape index (κ2) is 10.8. The Morgan fingerprint density at radius 1 is 0.970 bits per heavy atom. The van der Waals surface area contributed by atoms with Crippen LogP contribution in [-0.2, 0) is 22.4 Å². The van der Waals surface area contributed by atoms with Crippen molar-refractivity contribution in [3.05, 3.63) is 71.6 Å². The second-order valence-electron chi connectivity index (χ2n) is 8.04. The van der Waals surface area contributed by atoms with Crippen LogP contribution in [0.4, 0.5) is 4.79 Å². The lowest BCUT2D eigenvalue weighted by molar-refractivity contribution is -0.125. The summed E-state index contributed by atoms with van der Waals surface area (Å²) < 4.78 is 16.4. The topological polar surface area (TPSA) is 81.9 Å². The maximum Gasteiger partial charge on any atom is 0.417 e. The number of hydrogen-bond acceptors (Lipinski definition) is 6. The Bertz CT molecular complexity index is 1060. The molecule has 1 aliphatic heterocycles. The normalized spacial score (nSPS) is 13.4. The standard InChI is InChI=1S/C26H28N2O5/c1-19-23(27-25(33-19)21-9-5-2-6-10-21)15-17-31-22-13-11-20(12-14-22)8-4-3-7-16-28-24(29)18-32-26(28)30/h2,5-6,9-14H,3-4,7-8,15-18H2,1H3. The van der Waals surface area contributed by atoms with Crippen molar-refractivity contribution in [1.82, 2.24) is 9.88 Å². The summed E-state index contributed by atoms with van der Waals surface area (Å²) >= 11 is 0. The zero-order chi connectivity index (χ0) is 23.0. The molecule has 0 bridgehead atoms. The fourth-order valence-electron chi connectivity index (χ4n) is 3.76. The Balaban J connectivity index is 1.16. The molecule has 172 valence electrons. The molecule has 2 aromatic carbocycles. The molecule has 7 nitrogen and oxygen atoms in total. The quantitative estimate of drug-likeness (QED) is 0.386. The number of oxazole rings is 1. The van der Waals surface area contributed by atoms with Gasteiger partial charge in [-0.3, -0.25) is 4.79 Å². The first-order valence-electron chi connectivity index (χ1n) is 11.3. The van der Waals surface area contributed by atoms with Gasteiger partial charge in [-0.05, 0) is 56.0 Å². The van der Waals surface area contributed by atoms with E-state index in [9.17, 15) is 9.59 Å². The average molecular weight is 449 g/mol. The van der Waals surface area contributed by atoms with Crippen LogP contribution in [0.25, 0.3) is 11.5 Å². The number of nitrogens with zero attached hydrogens (tertiary/aromatic N) is 2. The minimum Gasteiger partial charge on any atom is -0.493 e.